The zero-order chi connectivity index (χ0) is 21.0. The lowest BCUT2D eigenvalue weighted by Gasteiger charge is -2.23. The number of benzene rings is 2. The van der Waals surface area contributed by atoms with Crippen LogP contribution in [0.15, 0.2) is 48.5 Å². The molecule has 1 aliphatic heterocycles. The molecule has 0 spiro atoms. The van der Waals surface area contributed by atoms with Crippen molar-refractivity contribution in [1.29, 1.82) is 0 Å². The van der Waals surface area contributed by atoms with Crippen molar-refractivity contribution in [3.63, 3.8) is 0 Å². The maximum absolute atomic E-state index is 12.6. The van der Waals surface area contributed by atoms with Crippen LogP contribution in [0.25, 0.3) is 0 Å². The van der Waals surface area contributed by atoms with E-state index < -0.39 is 0 Å². The van der Waals surface area contributed by atoms with Gasteiger partial charge in [0.05, 0.1) is 0 Å². The second kappa shape index (κ2) is 8.68. The smallest absolute Gasteiger partial charge is 0.244 e. The van der Waals surface area contributed by atoms with Crippen molar-refractivity contribution >= 4 is 28.9 Å². The van der Waals surface area contributed by atoms with E-state index in [9.17, 15) is 9.59 Å². The molecule has 0 radical (unpaired) electrons. The van der Waals surface area contributed by atoms with Crippen LogP contribution in [0, 0.1) is 0 Å². The van der Waals surface area contributed by atoms with E-state index in [0.717, 1.165) is 24.5 Å². The molecule has 2 aromatic rings. The Morgan fingerprint density at radius 3 is 2.07 bits per heavy atom. The maximum Gasteiger partial charge on any atom is 0.244 e. The van der Waals surface area contributed by atoms with Gasteiger partial charge in [0.1, 0.15) is 6.54 Å². The van der Waals surface area contributed by atoms with Gasteiger partial charge in [0.25, 0.3) is 0 Å². The summed E-state index contributed by atoms with van der Waals surface area (Å²) in [5, 5.41) is 2.90. The summed E-state index contributed by atoms with van der Waals surface area (Å²) >= 11 is 0. The number of anilines is 3. The molecule has 1 fully saturated rings. The second-order valence-electron chi connectivity index (χ2n) is 8.69. The first-order chi connectivity index (χ1) is 13.7. The molecule has 0 atom stereocenters. The third-order valence-electron chi connectivity index (χ3n) is 5.35. The number of nitrogens with one attached hydrogen (secondary N) is 1. The first kappa shape index (κ1) is 20.9. The van der Waals surface area contributed by atoms with Crippen LogP contribution in [-0.4, -0.2) is 31.4 Å². The topological polar surface area (TPSA) is 52.7 Å². The average molecular weight is 394 g/mol. The fraction of sp³-hybridized carbons (Fsp3) is 0.417. The third kappa shape index (κ3) is 5.37. The van der Waals surface area contributed by atoms with Crippen LogP contribution >= 0.6 is 0 Å². The lowest BCUT2D eigenvalue weighted by molar-refractivity contribution is -0.120. The second-order valence-corrected chi connectivity index (χ2v) is 8.69. The van der Waals surface area contributed by atoms with Crippen molar-refractivity contribution in [3.8, 4) is 0 Å². The van der Waals surface area contributed by atoms with Gasteiger partial charge in [0.15, 0.2) is 0 Å². The number of amides is 2. The Kier molecular flexibility index (Phi) is 6.26. The molecule has 0 aromatic heterocycles. The summed E-state index contributed by atoms with van der Waals surface area (Å²) in [6.45, 7) is 10.1. The van der Waals surface area contributed by atoms with Crippen molar-refractivity contribution in [2.45, 2.75) is 46.0 Å². The molecule has 154 valence electrons. The van der Waals surface area contributed by atoms with Crippen molar-refractivity contribution in [1.82, 2.24) is 0 Å². The molecular formula is C24H31N3O2. The monoisotopic (exact) mass is 393 g/mol. The fourth-order valence-corrected chi connectivity index (χ4v) is 3.60. The van der Waals surface area contributed by atoms with Crippen LogP contribution in [-0.2, 0) is 15.0 Å². The van der Waals surface area contributed by atoms with E-state index in [-0.39, 0.29) is 23.8 Å². The van der Waals surface area contributed by atoms with Gasteiger partial charge in [-0.15, -0.1) is 0 Å². The molecule has 3 rings (SSSR count). The molecule has 29 heavy (non-hydrogen) atoms. The van der Waals surface area contributed by atoms with E-state index in [4.69, 9.17) is 0 Å². The van der Waals surface area contributed by atoms with Gasteiger partial charge in [0.2, 0.25) is 11.8 Å². The summed E-state index contributed by atoms with van der Waals surface area (Å²) in [5.74, 6) is -0.373. The average Bonchev–Trinajstić information content (AvgIpc) is 3.21. The fourth-order valence-electron chi connectivity index (χ4n) is 3.60. The van der Waals surface area contributed by atoms with Crippen LogP contribution in [0.2, 0.25) is 0 Å². The quantitative estimate of drug-likeness (QED) is 0.809. The Balaban J connectivity index is 1.64. The number of nitrogens with zero attached hydrogens (tertiary/aromatic N) is 2. The van der Waals surface area contributed by atoms with E-state index in [1.54, 1.807) is 0 Å². The molecular weight excluding hydrogens is 362 g/mol. The summed E-state index contributed by atoms with van der Waals surface area (Å²) in [6.07, 6.45) is 2.46. The zero-order valence-corrected chi connectivity index (χ0v) is 17.9. The molecule has 1 heterocycles. The molecule has 1 saturated heterocycles. The van der Waals surface area contributed by atoms with Gasteiger partial charge in [-0.3, -0.25) is 9.59 Å². The van der Waals surface area contributed by atoms with Gasteiger partial charge >= 0.3 is 0 Å². The number of carbonyl (C=O) groups excluding carboxylic acids is 2. The Hall–Kier alpha value is -2.82. The molecule has 0 aliphatic carbocycles. The highest BCUT2D eigenvalue weighted by atomic mass is 16.2. The van der Waals surface area contributed by atoms with E-state index in [1.807, 2.05) is 48.5 Å². The van der Waals surface area contributed by atoms with Gasteiger partial charge in [-0.05, 0) is 60.2 Å². The molecule has 2 aromatic carbocycles. The van der Waals surface area contributed by atoms with Crippen molar-refractivity contribution in [3.05, 3.63) is 54.1 Å². The zero-order valence-electron chi connectivity index (χ0n) is 17.9. The molecule has 5 heteroatoms. The van der Waals surface area contributed by atoms with Crippen LogP contribution in [0.4, 0.5) is 17.1 Å². The summed E-state index contributed by atoms with van der Waals surface area (Å²) in [5.41, 5.74) is 3.88. The van der Waals surface area contributed by atoms with Gasteiger partial charge in [-0.2, -0.15) is 0 Å². The number of carbonyl (C=O) groups is 2. The summed E-state index contributed by atoms with van der Waals surface area (Å²) in [6, 6.07) is 15.7. The highest BCUT2D eigenvalue weighted by molar-refractivity contribution is 6.01. The first-order valence-corrected chi connectivity index (χ1v) is 10.3. The first-order valence-electron chi connectivity index (χ1n) is 10.3. The molecule has 2 amide bonds. The number of hydrogen-bond donors (Lipinski definition) is 1. The number of rotatable bonds is 5. The Morgan fingerprint density at radius 1 is 0.966 bits per heavy atom. The van der Waals surface area contributed by atoms with Crippen molar-refractivity contribution < 1.29 is 9.59 Å². The Bertz CT molecular complexity index is 845. The normalized spacial score (nSPS) is 14.0. The minimum absolute atomic E-state index is 0.0158. The van der Waals surface area contributed by atoms with E-state index in [2.05, 4.69) is 31.0 Å². The summed E-state index contributed by atoms with van der Waals surface area (Å²) in [7, 11) is 0. The molecule has 1 aliphatic rings. The lowest BCUT2D eigenvalue weighted by Crippen LogP contribution is -2.36. The molecule has 0 unspecified atom stereocenters. The van der Waals surface area contributed by atoms with E-state index >= 15 is 0 Å². The van der Waals surface area contributed by atoms with Gasteiger partial charge < -0.3 is 15.1 Å². The predicted octanol–water partition coefficient (Wildman–Crippen LogP) is 4.58. The van der Waals surface area contributed by atoms with Crippen LogP contribution in [0.1, 0.15) is 46.1 Å². The highest BCUT2D eigenvalue weighted by Crippen LogP contribution is 2.25. The van der Waals surface area contributed by atoms with Gasteiger partial charge in [-0.1, -0.05) is 32.9 Å². The third-order valence-corrected chi connectivity index (χ3v) is 5.35. The Morgan fingerprint density at radius 2 is 1.55 bits per heavy atom. The lowest BCUT2D eigenvalue weighted by atomic mass is 9.87. The van der Waals surface area contributed by atoms with Gasteiger partial charge in [-0.25, -0.2) is 0 Å². The minimum atomic E-state index is -0.214. The van der Waals surface area contributed by atoms with Crippen molar-refractivity contribution in [2.24, 2.45) is 0 Å². The predicted molar refractivity (Wildman–Crippen MR) is 120 cm³/mol. The SMILES string of the molecule is CC(=O)N(CC(=O)Nc1ccc(N2CCCC2)cc1)c1ccc(C(C)(C)C)cc1. The van der Waals surface area contributed by atoms with Crippen LogP contribution in [0.5, 0.6) is 0 Å². The van der Waals surface area contributed by atoms with Crippen LogP contribution < -0.4 is 15.1 Å². The van der Waals surface area contributed by atoms with Crippen LogP contribution in [0.3, 0.4) is 0 Å². The molecule has 1 N–H and O–H groups in total. The summed E-state index contributed by atoms with van der Waals surface area (Å²) < 4.78 is 0. The molecule has 5 nitrogen and oxygen atoms in total. The van der Waals surface area contributed by atoms with Gasteiger partial charge in [0, 0.05) is 37.1 Å². The summed E-state index contributed by atoms with van der Waals surface area (Å²) in [4.78, 5) is 28.6. The highest BCUT2D eigenvalue weighted by Gasteiger charge is 2.18. The van der Waals surface area contributed by atoms with E-state index in [0.29, 0.717) is 0 Å². The molecule has 0 saturated carbocycles. The number of hydrogen-bond acceptors (Lipinski definition) is 3. The minimum Gasteiger partial charge on any atom is -0.372 e. The maximum atomic E-state index is 12.6. The Labute approximate surface area is 173 Å². The van der Waals surface area contributed by atoms with E-state index in [1.165, 1.54) is 35.9 Å². The standard InChI is InChI=1S/C24H31N3O2/c1-18(28)27(22-11-7-19(8-12-22)24(2,3)4)17-23(29)25-20-9-13-21(14-10-20)26-15-5-6-16-26/h7-14H,5-6,15-17H2,1-4H3,(H,25,29). The molecule has 0 bridgehead atoms. The largest absolute Gasteiger partial charge is 0.372 e. The van der Waals surface area contributed by atoms with Crippen molar-refractivity contribution in [2.75, 3.05) is 34.8 Å².